The first-order valence-corrected chi connectivity index (χ1v) is 10.7. The van der Waals surface area contributed by atoms with Crippen molar-refractivity contribution >= 4 is 0 Å². The van der Waals surface area contributed by atoms with Gasteiger partial charge in [-0.25, -0.2) is 0 Å². The summed E-state index contributed by atoms with van der Waals surface area (Å²) in [5.74, 6) is 0. The molecule has 16 heavy (non-hydrogen) atoms. The Morgan fingerprint density at radius 1 is 0.875 bits per heavy atom. The van der Waals surface area contributed by atoms with Gasteiger partial charge in [0, 0.05) is 0 Å². The molecule has 0 aromatic carbocycles. The summed E-state index contributed by atoms with van der Waals surface area (Å²) in [6.45, 7) is 7.16. The molecule has 0 radical (unpaired) electrons. The van der Waals surface area contributed by atoms with E-state index < -0.39 is 21.8 Å². The second kappa shape index (κ2) is 5.00. The normalized spacial score (nSPS) is 20.2. The van der Waals surface area contributed by atoms with Gasteiger partial charge in [0.2, 0.25) is 0 Å². The van der Waals surface area contributed by atoms with Gasteiger partial charge in [0.05, 0.1) is 0 Å². The molecule has 0 fully saturated rings. The van der Waals surface area contributed by atoms with Crippen LogP contribution in [0.4, 0.5) is 0 Å². The number of hydrogen-bond donors (Lipinski definition) is 0. The Balaban J connectivity index is 0.00000144. The summed E-state index contributed by atoms with van der Waals surface area (Å²) in [6.07, 6.45) is 18.7. The first-order chi connectivity index (χ1) is 7.56. The van der Waals surface area contributed by atoms with E-state index in [2.05, 4.69) is 69.4 Å². The van der Waals surface area contributed by atoms with Gasteiger partial charge in [0.15, 0.2) is 0 Å². The quantitative estimate of drug-likeness (QED) is 0.686. The van der Waals surface area contributed by atoms with Crippen LogP contribution in [-0.2, 0) is 21.8 Å². The van der Waals surface area contributed by atoms with Gasteiger partial charge in [0.1, 0.15) is 0 Å². The van der Waals surface area contributed by atoms with Crippen LogP contribution >= 0.6 is 0 Å². The molecule has 86 valence electrons. The molecule has 0 atom stereocenters. The minimum Gasteiger partial charge on any atom is -1.00 e. The minimum atomic E-state index is -1.44. The first kappa shape index (κ1) is 12.3. The number of allylic oxidation sites excluding steroid dienone is 8. The second-order valence-electron chi connectivity index (χ2n) is 5.90. The van der Waals surface area contributed by atoms with Crippen LogP contribution in [0.25, 0.3) is 0 Å². The van der Waals surface area contributed by atoms with Crippen molar-refractivity contribution in [3.8, 4) is 0 Å². The van der Waals surface area contributed by atoms with Crippen molar-refractivity contribution in [2.45, 2.75) is 32.2 Å². The monoisotopic (exact) mass is 292 g/mol. The van der Waals surface area contributed by atoms with Crippen molar-refractivity contribution < 1.29 is 23.2 Å². The summed E-state index contributed by atoms with van der Waals surface area (Å²) in [4.78, 5) is 0. The average molecular weight is 294 g/mol. The van der Waals surface area contributed by atoms with E-state index in [4.69, 9.17) is 0 Å². The van der Waals surface area contributed by atoms with Gasteiger partial charge in [-0.05, 0) is 0 Å². The Morgan fingerprint density at radius 3 is 1.56 bits per heavy atom. The zero-order valence-corrected chi connectivity index (χ0v) is 12.9. The Morgan fingerprint density at radius 2 is 1.25 bits per heavy atom. The summed E-state index contributed by atoms with van der Waals surface area (Å²) < 4.78 is 3.10. The van der Waals surface area contributed by atoms with Crippen molar-refractivity contribution in [1.82, 2.24) is 0 Å². The first-order valence-electron chi connectivity index (χ1n) is 6.12. The summed E-state index contributed by atoms with van der Waals surface area (Å²) in [7, 11) is 0. The average Bonchev–Trinajstić information content (AvgIpc) is 2.86. The molecule has 0 saturated carbocycles. The summed E-state index contributed by atoms with van der Waals surface area (Å²) in [5, 5.41) is 0. The van der Waals surface area contributed by atoms with E-state index in [-0.39, 0.29) is 1.43 Å². The van der Waals surface area contributed by atoms with Gasteiger partial charge in [-0.2, -0.15) is 0 Å². The zero-order chi connectivity index (χ0) is 11.6. The zero-order valence-electron chi connectivity index (χ0n) is 11.5. The van der Waals surface area contributed by atoms with Gasteiger partial charge in [0.25, 0.3) is 0 Å². The van der Waals surface area contributed by atoms with Gasteiger partial charge in [-0.1, -0.05) is 0 Å². The molecule has 0 amide bonds. The molecule has 2 aliphatic carbocycles. The van der Waals surface area contributed by atoms with Crippen LogP contribution in [-0.4, -0.2) is 0 Å². The topological polar surface area (TPSA) is 0 Å². The molecule has 2 rings (SSSR count). The molecule has 0 saturated heterocycles. The standard InChI is InChI=1S/2C5H5.C5H11.Zr.H/c2*1-2-4-5-3-1;1-5(2,3)4;;/h2*1-5H;1H2,2-4H3;;/q;;;+1;-1. The van der Waals surface area contributed by atoms with Gasteiger partial charge in [-0.15, -0.1) is 0 Å². The maximum Gasteiger partial charge on any atom is -1.00 e. The molecule has 1 heteroatoms. The molecular weight excluding hydrogens is 271 g/mol. The SMILES string of the molecule is CC(C)(C)[CH2][Zr+]([CH]1C=CC=C1)[CH]1C=CC=C1.[H-]. The van der Waals surface area contributed by atoms with E-state index in [0.29, 0.717) is 5.41 Å². The molecule has 0 aromatic heterocycles. The van der Waals surface area contributed by atoms with Gasteiger partial charge in [-0.3, -0.25) is 0 Å². The Kier molecular flexibility index (Phi) is 3.85. The third-order valence-corrected chi connectivity index (χ3v) is 12.8. The van der Waals surface area contributed by atoms with Crippen LogP contribution in [0.1, 0.15) is 22.2 Å². The van der Waals surface area contributed by atoms with Gasteiger partial charge < -0.3 is 1.43 Å². The second-order valence-corrected chi connectivity index (χ2v) is 12.9. The van der Waals surface area contributed by atoms with Crippen molar-refractivity contribution in [2.24, 2.45) is 5.41 Å². The maximum atomic E-state index is 2.43. The van der Waals surface area contributed by atoms with Crippen LogP contribution in [0, 0.1) is 5.41 Å². The van der Waals surface area contributed by atoms with E-state index in [1.807, 2.05) is 0 Å². The predicted molar refractivity (Wildman–Crippen MR) is 69.4 cm³/mol. The van der Waals surface area contributed by atoms with E-state index in [1.165, 1.54) is 4.13 Å². The van der Waals surface area contributed by atoms with Gasteiger partial charge >= 0.3 is 108 Å². The smallest absolute Gasteiger partial charge is 1.00 e. The molecule has 0 bridgehead atoms. The van der Waals surface area contributed by atoms with Crippen LogP contribution in [0.3, 0.4) is 0 Å². The molecule has 0 unspecified atom stereocenters. The Labute approximate surface area is 109 Å². The van der Waals surface area contributed by atoms with E-state index >= 15 is 0 Å². The number of hydrogen-bond acceptors (Lipinski definition) is 0. The fourth-order valence-electron chi connectivity index (χ4n) is 2.43. The molecular formula is C15H22Zr. The molecule has 0 heterocycles. The Hall–Kier alpha value is -0.157. The predicted octanol–water partition coefficient (Wildman–Crippen LogP) is 5.01. The molecule has 2 aliphatic rings. The van der Waals surface area contributed by atoms with E-state index in [9.17, 15) is 0 Å². The van der Waals surface area contributed by atoms with Crippen molar-refractivity contribution in [1.29, 1.82) is 0 Å². The third kappa shape index (κ3) is 3.17. The summed E-state index contributed by atoms with van der Waals surface area (Å²) in [5.41, 5.74) is 0.489. The number of rotatable bonds is 3. The van der Waals surface area contributed by atoms with Crippen molar-refractivity contribution in [3.63, 3.8) is 0 Å². The largest absolute Gasteiger partial charge is 1.00 e. The van der Waals surface area contributed by atoms with E-state index in [0.717, 1.165) is 7.25 Å². The van der Waals surface area contributed by atoms with Crippen LogP contribution in [0.5, 0.6) is 0 Å². The molecule has 0 nitrogen and oxygen atoms in total. The Bertz CT molecular complexity index is 306. The maximum absolute atomic E-state index is 2.43. The van der Waals surface area contributed by atoms with Crippen molar-refractivity contribution in [3.05, 3.63) is 48.6 Å². The molecule has 0 aromatic rings. The van der Waals surface area contributed by atoms with Crippen LogP contribution < -0.4 is 0 Å². The fraction of sp³-hybridized carbons (Fsp3) is 0.467. The minimum absolute atomic E-state index is 0. The van der Waals surface area contributed by atoms with Crippen LogP contribution in [0.15, 0.2) is 48.6 Å². The van der Waals surface area contributed by atoms with E-state index in [1.54, 1.807) is 0 Å². The molecule has 0 N–H and O–H groups in total. The third-order valence-electron chi connectivity index (χ3n) is 3.09. The summed E-state index contributed by atoms with van der Waals surface area (Å²) >= 11 is -1.44. The molecule has 0 spiro atoms. The summed E-state index contributed by atoms with van der Waals surface area (Å²) in [6, 6.07) is 0. The van der Waals surface area contributed by atoms with Crippen molar-refractivity contribution in [2.75, 3.05) is 0 Å². The fourth-order valence-corrected chi connectivity index (χ4v) is 11.2. The molecule has 0 aliphatic heterocycles. The van der Waals surface area contributed by atoms with Crippen LogP contribution in [0.2, 0.25) is 11.4 Å².